The highest BCUT2D eigenvalue weighted by molar-refractivity contribution is 14.1. The highest BCUT2D eigenvalue weighted by atomic mass is 127. The Kier molecular flexibility index (Phi) is 5.18. The Morgan fingerprint density at radius 3 is 2.62 bits per heavy atom. The summed E-state index contributed by atoms with van der Waals surface area (Å²) in [5.41, 5.74) is 9.57. The Bertz CT molecular complexity index is 401. The van der Waals surface area contributed by atoms with Crippen LogP contribution in [0.4, 0.5) is 5.69 Å². The molecule has 0 amide bonds. The van der Waals surface area contributed by atoms with Gasteiger partial charge < -0.3 is 5.73 Å². The third-order valence-electron chi connectivity index (χ3n) is 2.84. The largest absolute Gasteiger partial charge is 0.398 e. The lowest BCUT2D eigenvalue weighted by Crippen LogP contribution is -2.07. The third-order valence-corrected chi connectivity index (χ3v) is 4.29. The summed E-state index contributed by atoms with van der Waals surface area (Å²) >= 11 is 6.68. The highest BCUT2D eigenvalue weighted by Crippen LogP contribution is 2.28. The minimum Gasteiger partial charge on any atom is -0.398 e. The SMILES string of the molecule is C=C(S)C(C)Cc1c(N)ccc(I)c1CC. The fourth-order valence-electron chi connectivity index (χ4n) is 1.73. The number of nitrogen functional groups attached to an aromatic ring is 1. The van der Waals surface area contributed by atoms with E-state index < -0.39 is 0 Å². The van der Waals surface area contributed by atoms with Crippen molar-refractivity contribution in [1.29, 1.82) is 0 Å². The zero-order chi connectivity index (χ0) is 12.3. The van der Waals surface area contributed by atoms with E-state index in [0.29, 0.717) is 5.92 Å². The summed E-state index contributed by atoms with van der Waals surface area (Å²) in [4.78, 5) is 0.917. The van der Waals surface area contributed by atoms with Gasteiger partial charge in [-0.05, 0) is 69.5 Å². The summed E-state index contributed by atoms with van der Waals surface area (Å²) in [6, 6.07) is 4.07. The van der Waals surface area contributed by atoms with E-state index >= 15 is 0 Å². The molecule has 0 aliphatic carbocycles. The molecule has 88 valence electrons. The summed E-state index contributed by atoms with van der Waals surface area (Å²) in [6.07, 6.45) is 1.94. The van der Waals surface area contributed by atoms with Crippen molar-refractivity contribution in [1.82, 2.24) is 0 Å². The molecular formula is C13H18INS. The second-order valence-electron chi connectivity index (χ2n) is 4.04. The van der Waals surface area contributed by atoms with Crippen molar-refractivity contribution in [3.63, 3.8) is 0 Å². The average molecular weight is 347 g/mol. The minimum atomic E-state index is 0.356. The number of thiol groups is 1. The molecule has 16 heavy (non-hydrogen) atoms. The summed E-state index contributed by atoms with van der Waals surface area (Å²) in [7, 11) is 0. The number of nitrogens with two attached hydrogens (primary N) is 1. The van der Waals surface area contributed by atoms with E-state index in [4.69, 9.17) is 5.73 Å². The lowest BCUT2D eigenvalue weighted by atomic mass is 9.94. The van der Waals surface area contributed by atoms with Gasteiger partial charge in [0.05, 0.1) is 0 Å². The Hall–Kier alpha value is -0.160. The van der Waals surface area contributed by atoms with E-state index in [2.05, 4.69) is 61.7 Å². The van der Waals surface area contributed by atoms with E-state index in [9.17, 15) is 0 Å². The fourth-order valence-corrected chi connectivity index (χ4v) is 2.71. The van der Waals surface area contributed by atoms with Gasteiger partial charge in [-0.25, -0.2) is 0 Å². The lowest BCUT2D eigenvalue weighted by molar-refractivity contribution is 0.710. The standard InChI is InChI=1S/C13H18INS/c1-4-10-11(7-8(2)9(3)16)13(15)6-5-12(10)14/h5-6,8,16H,3-4,7,15H2,1-2H3. The molecule has 0 aliphatic heterocycles. The Balaban J connectivity index is 3.11. The first-order valence-electron chi connectivity index (χ1n) is 5.40. The molecule has 1 atom stereocenters. The number of hydrogen-bond donors (Lipinski definition) is 2. The van der Waals surface area contributed by atoms with Gasteiger partial charge in [-0.3, -0.25) is 0 Å². The molecule has 0 heterocycles. The lowest BCUT2D eigenvalue weighted by Gasteiger charge is -2.17. The van der Waals surface area contributed by atoms with Gasteiger partial charge in [0, 0.05) is 9.26 Å². The molecule has 2 N–H and O–H groups in total. The summed E-state index contributed by atoms with van der Waals surface area (Å²) in [5, 5.41) is 0. The van der Waals surface area contributed by atoms with Gasteiger partial charge in [-0.15, -0.1) is 12.6 Å². The molecule has 1 aromatic carbocycles. The zero-order valence-electron chi connectivity index (χ0n) is 9.76. The van der Waals surface area contributed by atoms with Crippen molar-refractivity contribution in [2.45, 2.75) is 26.7 Å². The van der Waals surface area contributed by atoms with Gasteiger partial charge in [0.25, 0.3) is 0 Å². The van der Waals surface area contributed by atoms with Crippen LogP contribution in [-0.2, 0) is 12.8 Å². The normalized spacial score (nSPS) is 12.5. The highest BCUT2D eigenvalue weighted by Gasteiger charge is 2.13. The maximum Gasteiger partial charge on any atom is 0.0350 e. The molecule has 0 aliphatic rings. The number of benzene rings is 1. The molecule has 1 unspecified atom stereocenters. The predicted molar refractivity (Wildman–Crippen MR) is 83.9 cm³/mol. The molecule has 0 fully saturated rings. The van der Waals surface area contributed by atoms with Crippen LogP contribution >= 0.6 is 35.2 Å². The summed E-state index contributed by atoms with van der Waals surface area (Å²) in [5.74, 6) is 0.356. The van der Waals surface area contributed by atoms with Gasteiger partial charge in [-0.1, -0.05) is 20.4 Å². The van der Waals surface area contributed by atoms with Gasteiger partial charge in [-0.2, -0.15) is 0 Å². The molecule has 0 spiro atoms. The van der Waals surface area contributed by atoms with Gasteiger partial charge in [0.2, 0.25) is 0 Å². The number of hydrogen-bond acceptors (Lipinski definition) is 2. The number of rotatable bonds is 4. The van der Waals surface area contributed by atoms with Gasteiger partial charge in [0.15, 0.2) is 0 Å². The quantitative estimate of drug-likeness (QED) is 0.480. The van der Waals surface area contributed by atoms with Crippen LogP contribution in [0.5, 0.6) is 0 Å². The molecule has 1 nitrogen and oxygen atoms in total. The second-order valence-corrected chi connectivity index (χ2v) is 5.78. The van der Waals surface area contributed by atoms with Crippen LogP contribution < -0.4 is 5.73 Å². The van der Waals surface area contributed by atoms with Crippen LogP contribution in [-0.4, -0.2) is 0 Å². The van der Waals surface area contributed by atoms with Crippen molar-refractivity contribution in [2.24, 2.45) is 5.92 Å². The van der Waals surface area contributed by atoms with Crippen LogP contribution in [0.3, 0.4) is 0 Å². The number of anilines is 1. The van der Waals surface area contributed by atoms with Crippen LogP contribution in [0.15, 0.2) is 23.6 Å². The second kappa shape index (κ2) is 5.96. The summed E-state index contributed by atoms with van der Waals surface area (Å²) < 4.78 is 1.29. The molecule has 0 radical (unpaired) electrons. The summed E-state index contributed by atoms with van der Waals surface area (Å²) in [6.45, 7) is 8.18. The molecule has 3 heteroatoms. The van der Waals surface area contributed by atoms with Crippen molar-refractivity contribution >= 4 is 40.9 Å². The van der Waals surface area contributed by atoms with E-state index in [1.165, 1.54) is 14.7 Å². The first-order valence-corrected chi connectivity index (χ1v) is 6.93. The van der Waals surface area contributed by atoms with Crippen molar-refractivity contribution in [2.75, 3.05) is 5.73 Å². The van der Waals surface area contributed by atoms with E-state index in [0.717, 1.165) is 23.4 Å². The molecule has 1 aromatic rings. The van der Waals surface area contributed by atoms with Crippen LogP contribution in [0.1, 0.15) is 25.0 Å². The first-order chi connectivity index (χ1) is 7.47. The maximum absolute atomic E-state index is 6.06. The Morgan fingerprint density at radius 2 is 2.12 bits per heavy atom. The average Bonchev–Trinajstić information content (AvgIpc) is 2.23. The minimum absolute atomic E-state index is 0.356. The fraction of sp³-hybridized carbons (Fsp3) is 0.385. The smallest absolute Gasteiger partial charge is 0.0350 e. The third kappa shape index (κ3) is 3.17. The molecule has 0 saturated heterocycles. The first kappa shape index (κ1) is 13.9. The van der Waals surface area contributed by atoms with Crippen LogP contribution in [0.25, 0.3) is 0 Å². The Labute approximate surface area is 117 Å². The maximum atomic E-state index is 6.06. The topological polar surface area (TPSA) is 26.0 Å². The molecular weight excluding hydrogens is 329 g/mol. The zero-order valence-corrected chi connectivity index (χ0v) is 12.8. The molecule has 0 aromatic heterocycles. The Morgan fingerprint density at radius 1 is 1.50 bits per heavy atom. The van der Waals surface area contributed by atoms with E-state index in [1.807, 2.05) is 6.07 Å². The van der Waals surface area contributed by atoms with E-state index in [-0.39, 0.29) is 0 Å². The monoisotopic (exact) mass is 347 g/mol. The molecule has 0 saturated carbocycles. The number of allylic oxidation sites excluding steroid dienone is 1. The van der Waals surface area contributed by atoms with Crippen molar-refractivity contribution in [3.05, 3.63) is 38.3 Å². The van der Waals surface area contributed by atoms with Gasteiger partial charge >= 0.3 is 0 Å². The van der Waals surface area contributed by atoms with Gasteiger partial charge in [0.1, 0.15) is 0 Å². The van der Waals surface area contributed by atoms with Crippen LogP contribution in [0, 0.1) is 9.49 Å². The molecule has 1 rings (SSSR count). The van der Waals surface area contributed by atoms with Crippen molar-refractivity contribution < 1.29 is 0 Å². The predicted octanol–water partition coefficient (Wildman–Crippen LogP) is 4.06. The molecule has 0 bridgehead atoms. The van der Waals surface area contributed by atoms with E-state index in [1.54, 1.807) is 0 Å². The van der Waals surface area contributed by atoms with Crippen LogP contribution in [0.2, 0.25) is 0 Å². The number of halogens is 1. The van der Waals surface area contributed by atoms with Crippen molar-refractivity contribution in [3.8, 4) is 0 Å².